The first-order valence-corrected chi connectivity index (χ1v) is 13.9. The van der Waals surface area contributed by atoms with Crippen molar-refractivity contribution in [1.82, 2.24) is 0 Å². The Hall–Kier alpha value is -3.98. The highest BCUT2D eigenvalue weighted by Crippen LogP contribution is 2.21. The van der Waals surface area contributed by atoms with Crippen LogP contribution in [0.5, 0.6) is 0 Å². The zero-order valence-corrected chi connectivity index (χ0v) is 21.9. The number of rotatable bonds is 6. The maximum atomic E-state index is 9.60. The summed E-state index contributed by atoms with van der Waals surface area (Å²) in [7, 11) is -5.38. The van der Waals surface area contributed by atoms with Gasteiger partial charge in [0.05, 0.1) is 30.2 Å². The molecule has 0 aromatic heterocycles. The van der Waals surface area contributed by atoms with Gasteiger partial charge < -0.3 is 0 Å². The molecule has 0 amide bonds. The largest absolute Gasteiger partial charge is 0.179 e. The molecule has 0 saturated carbocycles. The Balaban J connectivity index is 1.97. The lowest BCUT2D eigenvalue weighted by atomic mass is 10.1. The number of hydrogen-bond acceptors (Lipinski definition) is 0. The molecule has 0 nitrogen and oxygen atoms in total. The lowest BCUT2D eigenvalue weighted by Crippen LogP contribution is -2.74. The average molecular weight is 590 g/mol. The summed E-state index contributed by atoms with van der Waals surface area (Å²) in [6.07, 6.45) is 0. The summed E-state index contributed by atoms with van der Waals surface area (Å²) >= 11 is 3.14. The summed E-state index contributed by atoms with van der Waals surface area (Å²) in [6, 6.07) is -12.2. The summed E-state index contributed by atoms with van der Waals surface area (Å²) in [5.41, 5.74) is -2.86. The highest BCUT2D eigenvalue weighted by molar-refractivity contribution is 9.10. The van der Waals surface area contributed by atoms with Gasteiger partial charge in [-0.25, -0.2) is 0 Å². The molecular weight excluding hydrogens is 540 g/mol. The highest BCUT2D eigenvalue weighted by atomic mass is 79.9. The molecule has 0 N–H and O–H groups in total. The molecule has 0 bridgehead atoms. The van der Waals surface area contributed by atoms with E-state index in [0.717, 1.165) is 0 Å². The highest BCUT2D eigenvalue weighted by Gasteiger charge is 2.41. The molecule has 2 heteroatoms. The maximum absolute atomic E-state index is 9.60. The first kappa shape index (κ1) is 9.96. The van der Waals surface area contributed by atoms with Crippen molar-refractivity contribution in [2.45, 2.75) is 0 Å². The molecule has 0 fully saturated rings. The van der Waals surface area contributed by atoms with Gasteiger partial charge in [0, 0.05) is 4.47 Å². The number of halogens is 1. The molecule has 6 aromatic carbocycles. The first-order valence-electron chi connectivity index (χ1n) is 22.1. The molecule has 0 saturated heterocycles. The normalized spacial score (nSPS) is 19.4. The Bertz CT molecular complexity index is 2580. The molecule has 182 valence electrons. The van der Waals surface area contributed by atoms with E-state index in [4.69, 9.17) is 16.4 Å². The summed E-state index contributed by atoms with van der Waals surface area (Å²) < 4.78 is 194. The van der Waals surface area contributed by atoms with Gasteiger partial charge in [-0.3, -0.25) is 0 Å². The van der Waals surface area contributed by atoms with E-state index in [1.165, 1.54) is 30.3 Å². The molecule has 0 aliphatic carbocycles. The van der Waals surface area contributed by atoms with Crippen molar-refractivity contribution in [2.24, 2.45) is 0 Å². The van der Waals surface area contributed by atoms with Crippen LogP contribution >= 0.6 is 15.9 Å². The van der Waals surface area contributed by atoms with Gasteiger partial charge in [-0.15, -0.1) is 0 Å². The van der Waals surface area contributed by atoms with Crippen LogP contribution in [-0.4, -0.2) is 8.07 Å². The third-order valence-electron chi connectivity index (χ3n) is 5.68. The Labute approximate surface area is 265 Å². The SMILES string of the molecule is [2H]c1c([2H])c([2H])c(-c2c([2H])c([2H])c([Si](c3ccccc3)(c3c([2H])c([2H])c(-c4c([2H])c([2H])c([2H])c([2H])c4[2H])c([2H])c3[2H])c3c([2H])c([2H])c([2H])c(Br)c3[2H])c([2H])c2[2H])c([2H])c1[2H]. The monoisotopic (exact) mass is 588 g/mol. The van der Waals surface area contributed by atoms with Crippen molar-refractivity contribution in [1.29, 1.82) is 0 Å². The fourth-order valence-electron chi connectivity index (χ4n) is 4.00. The minimum absolute atomic E-state index is 0.0660. The lowest BCUT2D eigenvalue weighted by Gasteiger charge is -2.34. The van der Waals surface area contributed by atoms with Gasteiger partial charge in [0.2, 0.25) is 0 Å². The average Bonchev–Trinajstić information content (AvgIpc) is 3.23. The second-order valence-electron chi connectivity index (χ2n) is 7.81. The van der Waals surface area contributed by atoms with Crippen LogP contribution < -0.4 is 20.7 Å². The van der Waals surface area contributed by atoms with Gasteiger partial charge in [-0.2, -0.15) is 0 Å². The van der Waals surface area contributed by atoms with E-state index in [1.54, 1.807) is 0 Å². The first-order chi connectivity index (χ1) is 27.9. The second kappa shape index (κ2) is 10.8. The van der Waals surface area contributed by atoms with E-state index in [-0.39, 0.29) is 9.66 Å². The van der Waals surface area contributed by atoms with Crippen molar-refractivity contribution >= 4 is 44.8 Å². The summed E-state index contributed by atoms with van der Waals surface area (Å²) in [4.78, 5) is 0. The van der Waals surface area contributed by atoms with Gasteiger partial charge in [0.25, 0.3) is 0 Å². The van der Waals surface area contributed by atoms with Crippen LogP contribution in [-0.2, 0) is 0 Å². The van der Waals surface area contributed by atoms with E-state index in [2.05, 4.69) is 15.9 Å². The van der Waals surface area contributed by atoms with Crippen molar-refractivity contribution in [2.75, 3.05) is 0 Å². The predicted octanol–water partition coefficient (Wildman–Crippen LogP) is 7.16. The Morgan fingerprint density at radius 3 is 1.39 bits per heavy atom. The van der Waals surface area contributed by atoms with E-state index >= 15 is 0 Å². The van der Waals surface area contributed by atoms with Crippen LogP contribution in [0.3, 0.4) is 0 Å². The molecule has 38 heavy (non-hydrogen) atoms. The zero-order valence-electron chi connectivity index (χ0n) is 41.3. The van der Waals surface area contributed by atoms with E-state index in [9.17, 15) is 13.7 Å². The van der Waals surface area contributed by atoms with Crippen molar-refractivity contribution in [3.8, 4) is 22.3 Å². The smallest absolute Gasteiger partial charge is 0.0623 e. The minimum atomic E-state index is -5.38. The van der Waals surface area contributed by atoms with Gasteiger partial charge in [-0.1, -0.05) is 167 Å². The molecule has 0 aliphatic rings. The van der Waals surface area contributed by atoms with Crippen molar-refractivity contribution in [3.63, 3.8) is 0 Å². The van der Waals surface area contributed by atoms with Gasteiger partial charge >= 0.3 is 0 Å². The summed E-state index contributed by atoms with van der Waals surface area (Å²) in [5.74, 6) is 0. The Morgan fingerprint density at radius 1 is 0.421 bits per heavy atom. The molecule has 0 heterocycles. The van der Waals surface area contributed by atoms with Crippen LogP contribution in [0.2, 0.25) is 0 Å². The molecular formula is C36H27BrSi. The minimum Gasteiger partial charge on any atom is -0.0623 e. The van der Waals surface area contributed by atoms with Crippen molar-refractivity contribution < 1.29 is 30.2 Å². The van der Waals surface area contributed by atoms with Crippen LogP contribution in [0.1, 0.15) is 30.2 Å². The fourth-order valence-corrected chi connectivity index (χ4v) is 8.36. The lowest BCUT2D eigenvalue weighted by molar-refractivity contribution is 1.61. The zero-order chi connectivity index (χ0) is 44.9. The Kier molecular flexibility index (Phi) is 2.83. The van der Waals surface area contributed by atoms with Crippen LogP contribution in [0.4, 0.5) is 0 Å². The number of benzene rings is 6. The Morgan fingerprint density at radius 2 is 0.895 bits per heavy atom. The van der Waals surface area contributed by atoms with Gasteiger partial charge in [0.1, 0.15) is 0 Å². The molecule has 6 aromatic rings. The predicted molar refractivity (Wildman–Crippen MR) is 169 cm³/mol. The molecule has 0 spiro atoms. The summed E-state index contributed by atoms with van der Waals surface area (Å²) in [5, 5.41) is -2.03. The number of hydrogen-bond donors (Lipinski definition) is 0. The van der Waals surface area contributed by atoms with Gasteiger partial charge in [0.15, 0.2) is 8.07 Å². The third kappa shape index (κ3) is 4.58. The maximum Gasteiger partial charge on any atom is 0.179 e. The molecule has 0 unspecified atom stereocenters. The topological polar surface area (TPSA) is 0 Å². The quantitative estimate of drug-likeness (QED) is 0.143. The molecule has 0 aliphatic heterocycles. The van der Waals surface area contributed by atoms with Crippen LogP contribution in [0, 0.1) is 0 Å². The van der Waals surface area contributed by atoms with E-state index in [0.29, 0.717) is 0 Å². The van der Waals surface area contributed by atoms with E-state index in [1.807, 2.05) is 0 Å². The van der Waals surface area contributed by atoms with E-state index < -0.39 is 179 Å². The third-order valence-corrected chi connectivity index (χ3v) is 10.3. The molecule has 0 atom stereocenters. The van der Waals surface area contributed by atoms with Crippen LogP contribution in [0.15, 0.2) is 168 Å². The van der Waals surface area contributed by atoms with Crippen LogP contribution in [0.25, 0.3) is 22.3 Å². The molecule has 6 rings (SSSR count). The second-order valence-corrected chi connectivity index (χ2v) is 12.2. The summed E-state index contributed by atoms with van der Waals surface area (Å²) in [6.45, 7) is 0. The fraction of sp³-hybridized carbons (Fsp3) is 0. The van der Waals surface area contributed by atoms with Crippen molar-refractivity contribution in [3.05, 3.63) is 168 Å². The van der Waals surface area contributed by atoms with Gasteiger partial charge in [-0.05, 0) is 55.1 Å². The standard InChI is InChI=1S/C36H27BrSi/c37-32-15-10-18-36(27-32)38(33-16-8-3-9-17-33,34-23-19-30(20-24-34)28-11-4-1-5-12-28)35-25-21-31(22-26-35)29-13-6-2-7-14-29/h1-27H/i1D,2D,4D,5D,6D,7D,10D,11D,12D,13D,14D,15D,18D,19D,20D,21D,22D,23D,24D,25D,26D,27D. The molecule has 0 radical (unpaired) electrons.